The third kappa shape index (κ3) is 5.37. The molecule has 5 nitrogen and oxygen atoms in total. The molecule has 37 heavy (non-hydrogen) atoms. The van der Waals surface area contributed by atoms with Crippen LogP contribution in [0.4, 0.5) is 5.82 Å². The number of aromatic nitrogens is 2. The summed E-state index contributed by atoms with van der Waals surface area (Å²) in [7, 11) is 0. The number of aliphatic hydroxyl groups is 1. The number of aliphatic hydroxyl groups excluding tert-OH is 1. The van der Waals surface area contributed by atoms with E-state index in [1.807, 2.05) is 24.4 Å². The molecular weight excluding hydrogens is 458 g/mol. The van der Waals surface area contributed by atoms with Crippen molar-refractivity contribution in [2.45, 2.75) is 45.3 Å². The zero-order chi connectivity index (χ0) is 25.8. The van der Waals surface area contributed by atoms with Gasteiger partial charge >= 0.3 is 0 Å². The van der Waals surface area contributed by atoms with Gasteiger partial charge in [0.1, 0.15) is 18.2 Å². The lowest BCUT2D eigenvalue weighted by atomic mass is 9.68. The summed E-state index contributed by atoms with van der Waals surface area (Å²) in [5.74, 6) is 2.17. The summed E-state index contributed by atoms with van der Waals surface area (Å²) in [6.45, 7) is 8.84. The summed E-state index contributed by atoms with van der Waals surface area (Å²) < 4.78 is 5.95. The lowest BCUT2D eigenvalue weighted by Crippen LogP contribution is -2.30. The maximum Gasteiger partial charge on any atom is 0.130 e. The van der Waals surface area contributed by atoms with Crippen molar-refractivity contribution in [3.8, 4) is 16.9 Å². The summed E-state index contributed by atoms with van der Waals surface area (Å²) in [5, 5.41) is 9.81. The summed E-state index contributed by atoms with van der Waals surface area (Å²) >= 11 is 0. The molecule has 1 saturated heterocycles. The van der Waals surface area contributed by atoms with E-state index < -0.39 is 0 Å². The van der Waals surface area contributed by atoms with E-state index in [0.717, 1.165) is 41.4 Å². The minimum Gasteiger partial charge on any atom is -0.487 e. The van der Waals surface area contributed by atoms with Crippen LogP contribution < -0.4 is 9.64 Å². The number of anilines is 1. The van der Waals surface area contributed by atoms with Crippen molar-refractivity contribution in [1.29, 1.82) is 0 Å². The molecule has 0 saturated carbocycles. The number of hydrogen-bond acceptors (Lipinski definition) is 5. The maximum atomic E-state index is 9.81. The zero-order valence-electron chi connectivity index (χ0n) is 21.8. The van der Waals surface area contributed by atoms with Gasteiger partial charge in [0.2, 0.25) is 0 Å². The highest BCUT2D eigenvalue weighted by molar-refractivity contribution is 5.65. The Hall–Kier alpha value is -3.70. The van der Waals surface area contributed by atoms with E-state index >= 15 is 0 Å². The van der Waals surface area contributed by atoms with E-state index in [-0.39, 0.29) is 11.5 Å². The van der Waals surface area contributed by atoms with Crippen molar-refractivity contribution in [1.82, 2.24) is 9.97 Å². The first kappa shape index (κ1) is 25.0. The molecule has 3 heterocycles. The Morgan fingerprint density at radius 1 is 0.919 bits per heavy atom. The lowest BCUT2D eigenvalue weighted by Gasteiger charge is -2.35. The van der Waals surface area contributed by atoms with E-state index in [4.69, 9.17) is 4.74 Å². The number of ether oxygens (including phenoxy) is 1. The van der Waals surface area contributed by atoms with Crippen LogP contribution in [-0.4, -0.2) is 34.3 Å². The highest BCUT2D eigenvalue weighted by Crippen LogP contribution is 2.40. The Kier molecular flexibility index (Phi) is 7.24. The highest BCUT2D eigenvalue weighted by atomic mass is 16.5. The fraction of sp³-hybridized carbons (Fsp3) is 0.312. The number of rotatable bonds is 8. The van der Waals surface area contributed by atoms with E-state index in [9.17, 15) is 5.11 Å². The van der Waals surface area contributed by atoms with Gasteiger partial charge in [-0.3, -0.25) is 4.98 Å². The van der Waals surface area contributed by atoms with Crippen LogP contribution in [0.2, 0.25) is 0 Å². The molecule has 5 heteroatoms. The third-order valence-electron chi connectivity index (χ3n) is 7.77. The second kappa shape index (κ2) is 10.7. The lowest BCUT2D eigenvalue weighted by molar-refractivity contribution is 0.198. The van der Waals surface area contributed by atoms with Gasteiger partial charge in [0.15, 0.2) is 0 Å². The van der Waals surface area contributed by atoms with Crippen molar-refractivity contribution >= 4 is 5.82 Å². The average molecular weight is 494 g/mol. The molecule has 1 aliphatic rings. The number of benzene rings is 2. The van der Waals surface area contributed by atoms with Gasteiger partial charge < -0.3 is 14.7 Å². The Morgan fingerprint density at radius 3 is 2.19 bits per heavy atom. The fourth-order valence-corrected chi connectivity index (χ4v) is 5.07. The van der Waals surface area contributed by atoms with E-state index in [0.29, 0.717) is 19.1 Å². The SMILES string of the molecule is CC(C)C(C)(c1ccc(OCc2ccccn2)cc1)c1ccc(-c2ccc(N3CCC(O)C3)nc2)cc1. The Bertz CT molecular complexity index is 1290. The molecule has 0 radical (unpaired) electrons. The average Bonchev–Trinajstić information content (AvgIpc) is 3.38. The minimum atomic E-state index is -0.250. The maximum absolute atomic E-state index is 9.81. The summed E-state index contributed by atoms with van der Waals surface area (Å²) in [6.07, 6.45) is 4.27. The van der Waals surface area contributed by atoms with Crippen LogP contribution >= 0.6 is 0 Å². The van der Waals surface area contributed by atoms with Crippen LogP contribution in [0.25, 0.3) is 11.1 Å². The van der Waals surface area contributed by atoms with Crippen molar-refractivity contribution < 1.29 is 9.84 Å². The van der Waals surface area contributed by atoms with Gasteiger partial charge in [0, 0.05) is 36.5 Å². The molecule has 4 aromatic rings. The predicted octanol–water partition coefficient (Wildman–Crippen LogP) is 6.26. The van der Waals surface area contributed by atoms with Crippen LogP contribution in [0.1, 0.15) is 44.0 Å². The molecule has 0 amide bonds. The number of nitrogens with zero attached hydrogens (tertiary/aromatic N) is 3. The molecule has 2 aromatic carbocycles. The number of hydrogen-bond donors (Lipinski definition) is 1. The fourth-order valence-electron chi connectivity index (χ4n) is 5.07. The standard InChI is InChI=1S/C32H35N3O2/c1-23(2)32(3,27-12-14-30(15-13-27)37-22-28-6-4-5-18-33-28)26-10-7-24(8-11-26)25-9-16-31(34-20-25)35-19-17-29(36)21-35/h4-16,18,20,23,29,36H,17,19,21-22H2,1-3H3. The van der Waals surface area contributed by atoms with Crippen molar-refractivity contribution in [2.24, 2.45) is 5.92 Å². The second-order valence-electron chi connectivity index (χ2n) is 10.4. The smallest absolute Gasteiger partial charge is 0.130 e. The number of pyridine rings is 2. The number of β-amino-alcohol motifs (C(OH)–C–C–N with tert-alkyl or cyclic N) is 1. The molecule has 1 aliphatic heterocycles. The van der Waals surface area contributed by atoms with Crippen molar-refractivity contribution in [2.75, 3.05) is 18.0 Å². The van der Waals surface area contributed by atoms with Crippen molar-refractivity contribution in [3.05, 3.63) is 108 Å². The Labute approximate surface area is 219 Å². The Balaban J connectivity index is 1.31. The molecule has 1 fully saturated rings. The predicted molar refractivity (Wildman–Crippen MR) is 149 cm³/mol. The van der Waals surface area contributed by atoms with Gasteiger partial charge in [0.05, 0.1) is 11.8 Å². The zero-order valence-corrected chi connectivity index (χ0v) is 21.8. The van der Waals surface area contributed by atoms with Gasteiger partial charge in [-0.05, 0) is 65.4 Å². The van der Waals surface area contributed by atoms with Crippen LogP contribution in [0.5, 0.6) is 5.75 Å². The molecule has 1 N–H and O–H groups in total. The van der Waals surface area contributed by atoms with E-state index in [1.165, 1.54) is 11.1 Å². The molecule has 190 valence electrons. The van der Waals surface area contributed by atoms with Crippen LogP contribution in [0, 0.1) is 5.92 Å². The van der Waals surface area contributed by atoms with Gasteiger partial charge in [-0.2, -0.15) is 0 Å². The molecule has 0 spiro atoms. The topological polar surface area (TPSA) is 58.5 Å². The summed E-state index contributed by atoms with van der Waals surface area (Å²) in [4.78, 5) is 11.1. The summed E-state index contributed by atoms with van der Waals surface area (Å²) in [5.41, 5.74) is 5.56. The monoisotopic (exact) mass is 493 g/mol. The van der Waals surface area contributed by atoms with Crippen LogP contribution in [0.15, 0.2) is 91.3 Å². The van der Waals surface area contributed by atoms with Crippen LogP contribution in [0.3, 0.4) is 0 Å². The highest BCUT2D eigenvalue weighted by Gasteiger charge is 2.32. The molecule has 0 bridgehead atoms. The molecule has 2 aromatic heterocycles. The van der Waals surface area contributed by atoms with Crippen LogP contribution in [-0.2, 0) is 12.0 Å². The van der Waals surface area contributed by atoms with Crippen molar-refractivity contribution in [3.63, 3.8) is 0 Å². The molecule has 0 aliphatic carbocycles. The first-order valence-corrected chi connectivity index (χ1v) is 13.1. The van der Waals surface area contributed by atoms with Gasteiger partial charge in [-0.25, -0.2) is 4.98 Å². The van der Waals surface area contributed by atoms with Gasteiger partial charge in [-0.15, -0.1) is 0 Å². The molecule has 2 unspecified atom stereocenters. The van der Waals surface area contributed by atoms with E-state index in [2.05, 4.69) is 96.3 Å². The van der Waals surface area contributed by atoms with Gasteiger partial charge in [0.25, 0.3) is 0 Å². The molecule has 5 rings (SSSR count). The first-order valence-electron chi connectivity index (χ1n) is 13.1. The minimum absolute atomic E-state index is 0.142. The first-order chi connectivity index (χ1) is 17.9. The normalized spacial score (nSPS) is 17.1. The quantitative estimate of drug-likeness (QED) is 0.314. The summed E-state index contributed by atoms with van der Waals surface area (Å²) in [6, 6.07) is 27.4. The second-order valence-corrected chi connectivity index (χ2v) is 10.4. The molecule has 2 atom stereocenters. The third-order valence-corrected chi connectivity index (χ3v) is 7.77. The molecular formula is C32H35N3O2. The Morgan fingerprint density at radius 2 is 1.62 bits per heavy atom. The van der Waals surface area contributed by atoms with E-state index in [1.54, 1.807) is 6.20 Å². The largest absolute Gasteiger partial charge is 0.487 e. The van der Waals surface area contributed by atoms with Gasteiger partial charge in [-0.1, -0.05) is 63.2 Å².